The van der Waals surface area contributed by atoms with E-state index in [1.165, 1.54) is 0 Å². The number of phenols is 1. The van der Waals surface area contributed by atoms with E-state index in [0.717, 1.165) is 106 Å². The number of imide groups is 1. The number of amides is 3. The lowest BCUT2D eigenvalue weighted by atomic mass is 9.67. The molecule has 8 heterocycles. The summed E-state index contributed by atoms with van der Waals surface area (Å²) in [6, 6.07) is 16.8. The summed E-state index contributed by atoms with van der Waals surface area (Å²) in [6.07, 6.45) is 13.6. The lowest BCUT2D eigenvalue weighted by molar-refractivity contribution is -0.120. The van der Waals surface area contributed by atoms with Crippen molar-refractivity contribution in [1.82, 2.24) is 30.0 Å². The molecular weight excluding hydrogens is 841 g/mol. The first-order valence-corrected chi connectivity index (χ1v) is 23.9. The lowest BCUT2D eigenvalue weighted by Gasteiger charge is -2.48. The molecule has 1 saturated carbocycles. The van der Waals surface area contributed by atoms with Crippen molar-refractivity contribution in [2.45, 2.75) is 101 Å². The average molecular weight is 900 g/mol. The summed E-state index contributed by atoms with van der Waals surface area (Å²) in [6.45, 7) is 7.07. The Bertz CT molecular complexity index is 2650. The van der Waals surface area contributed by atoms with Gasteiger partial charge in [0.1, 0.15) is 22.9 Å². The maximum atomic E-state index is 16.7. The zero-order valence-corrected chi connectivity index (χ0v) is 37.6. The number of urea groups is 1. The number of aromatic nitrogens is 4. The van der Waals surface area contributed by atoms with Crippen molar-refractivity contribution in [3.8, 4) is 17.0 Å². The number of para-hydroxylation sites is 1. The van der Waals surface area contributed by atoms with Gasteiger partial charge in [0, 0.05) is 99.5 Å². The van der Waals surface area contributed by atoms with Gasteiger partial charge in [-0.2, -0.15) is 0 Å². The molecule has 2 aromatic carbocycles. The van der Waals surface area contributed by atoms with Gasteiger partial charge in [-0.05, 0) is 125 Å². The molecule has 11 rings (SSSR count). The number of likely N-dealkylation sites (tertiary alicyclic amines) is 1. The van der Waals surface area contributed by atoms with Crippen LogP contribution in [0.1, 0.15) is 82.2 Å². The number of carbonyl (C=O) groups excluding carboxylic acids is 2. The fourth-order valence-electron chi connectivity index (χ4n) is 12.3. The van der Waals surface area contributed by atoms with Gasteiger partial charge in [0.2, 0.25) is 5.91 Å². The Morgan fingerprint density at radius 3 is 2.29 bits per heavy atom. The van der Waals surface area contributed by atoms with Crippen LogP contribution in [0.15, 0.2) is 67.0 Å². The van der Waals surface area contributed by atoms with Gasteiger partial charge in [0.05, 0.1) is 29.0 Å². The molecule has 1 aliphatic carbocycles. The molecular formula is C50H59F2N11O3. The third-order valence-corrected chi connectivity index (χ3v) is 16.1. The maximum absolute atomic E-state index is 16.7. The Labute approximate surface area is 383 Å². The van der Waals surface area contributed by atoms with Crippen molar-refractivity contribution in [3.05, 3.63) is 78.4 Å². The van der Waals surface area contributed by atoms with E-state index in [1.54, 1.807) is 29.3 Å². The zero-order valence-electron chi connectivity index (χ0n) is 37.6. The van der Waals surface area contributed by atoms with Gasteiger partial charge in [0.25, 0.3) is 0 Å². The number of halogens is 2. The Hall–Kier alpha value is -6.03. The number of benzene rings is 2. The van der Waals surface area contributed by atoms with Crippen LogP contribution in [-0.2, 0) is 4.79 Å². The standard InChI is InChI=1S/C50H59F2N11O3/c1-32-28-62(47-39(32)24-37(27-54-47)61-19-12-45(65)55-48(61)66)33-10-13-49(14-11-33)15-20-58(21-16-49)31-50(52)17-22-59(23-18-50)42-25-34(8-9-40(42)51)63-35-6-7-36(63)30-60(29-35)43-26-41(56-57-46(43)53)38-4-2-3-5-44(38)64/h2-5,8-9,24-28,33,35-36,64H,6-7,10-23,29-31H2,1H3,(H2,53,57)(H,55,65,66). The van der Waals surface area contributed by atoms with Gasteiger partial charge in [-0.15, -0.1) is 10.2 Å². The highest BCUT2D eigenvalue weighted by Gasteiger charge is 2.44. The minimum atomic E-state index is -1.31. The van der Waals surface area contributed by atoms with E-state index >= 15 is 8.78 Å². The highest BCUT2D eigenvalue weighted by atomic mass is 19.1. The molecule has 5 saturated heterocycles. The summed E-state index contributed by atoms with van der Waals surface area (Å²) >= 11 is 0. The Kier molecular flexibility index (Phi) is 10.8. The van der Waals surface area contributed by atoms with E-state index in [9.17, 15) is 14.7 Å². The minimum absolute atomic E-state index is 0.138. The van der Waals surface area contributed by atoms with Crippen LogP contribution in [-0.4, -0.2) is 112 Å². The number of fused-ring (bicyclic) bond motifs is 3. The first-order valence-electron chi connectivity index (χ1n) is 23.9. The number of aryl methyl sites for hydroxylation is 1. The van der Waals surface area contributed by atoms with Crippen LogP contribution in [0.3, 0.4) is 0 Å². The number of carbonyl (C=O) groups is 2. The summed E-state index contributed by atoms with van der Waals surface area (Å²) in [7, 11) is 0. The van der Waals surface area contributed by atoms with Crippen LogP contribution in [0.2, 0.25) is 0 Å². The van der Waals surface area contributed by atoms with Gasteiger partial charge in [-0.1, -0.05) is 12.1 Å². The molecule has 14 nitrogen and oxygen atoms in total. The number of nitrogen functional groups attached to an aromatic ring is 1. The first kappa shape index (κ1) is 42.6. The Morgan fingerprint density at radius 1 is 0.818 bits per heavy atom. The third-order valence-electron chi connectivity index (χ3n) is 16.1. The fourth-order valence-corrected chi connectivity index (χ4v) is 12.3. The quantitative estimate of drug-likeness (QED) is 0.140. The molecule has 5 aromatic rings. The van der Waals surface area contributed by atoms with Gasteiger partial charge in [0.15, 0.2) is 5.82 Å². The topological polar surface area (TPSA) is 152 Å². The predicted octanol–water partition coefficient (Wildman–Crippen LogP) is 7.74. The highest BCUT2D eigenvalue weighted by molar-refractivity contribution is 6.06. The summed E-state index contributed by atoms with van der Waals surface area (Å²) in [5.74, 6) is -0.0323. The normalized spacial score (nSPS) is 23.6. The smallest absolute Gasteiger partial charge is 0.328 e. The Balaban J connectivity index is 0.680. The fraction of sp³-hybridized carbons (Fsp3) is 0.500. The van der Waals surface area contributed by atoms with Crippen LogP contribution in [0.25, 0.3) is 22.3 Å². The van der Waals surface area contributed by atoms with E-state index in [2.05, 4.69) is 47.9 Å². The highest BCUT2D eigenvalue weighted by Crippen LogP contribution is 2.49. The molecule has 6 aliphatic rings. The van der Waals surface area contributed by atoms with Crippen molar-refractivity contribution in [1.29, 1.82) is 0 Å². The molecule has 6 fully saturated rings. The number of nitrogens with two attached hydrogens (primary N) is 1. The van der Waals surface area contributed by atoms with Crippen molar-refractivity contribution in [2.24, 2.45) is 5.41 Å². The van der Waals surface area contributed by atoms with Crippen LogP contribution >= 0.6 is 0 Å². The molecule has 3 amide bonds. The summed E-state index contributed by atoms with van der Waals surface area (Å²) in [4.78, 5) is 39.7. The lowest BCUT2D eigenvalue weighted by Crippen LogP contribution is -2.54. The van der Waals surface area contributed by atoms with Crippen LogP contribution in [0.5, 0.6) is 5.75 Å². The van der Waals surface area contributed by atoms with Crippen LogP contribution in [0, 0.1) is 18.2 Å². The number of rotatable bonds is 8. The number of hydrogen-bond donors (Lipinski definition) is 3. The molecule has 346 valence electrons. The zero-order chi connectivity index (χ0) is 45.3. The molecule has 2 bridgehead atoms. The monoisotopic (exact) mass is 899 g/mol. The van der Waals surface area contributed by atoms with Gasteiger partial charge in [-0.3, -0.25) is 15.0 Å². The number of aromatic hydroxyl groups is 1. The molecule has 0 radical (unpaired) electrons. The number of nitrogens with zero attached hydrogens (tertiary/aromatic N) is 9. The summed E-state index contributed by atoms with van der Waals surface area (Å²) in [5, 5.41) is 22.4. The molecule has 1 spiro atoms. The van der Waals surface area contributed by atoms with Crippen molar-refractivity contribution in [3.63, 3.8) is 0 Å². The summed E-state index contributed by atoms with van der Waals surface area (Å²) < 4.78 is 34.7. The van der Waals surface area contributed by atoms with Crippen molar-refractivity contribution < 1.29 is 23.5 Å². The number of pyridine rings is 1. The third kappa shape index (κ3) is 7.83. The van der Waals surface area contributed by atoms with E-state index in [0.29, 0.717) is 73.5 Å². The average Bonchev–Trinajstić information content (AvgIpc) is 3.78. The van der Waals surface area contributed by atoms with Crippen molar-refractivity contribution in [2.75, 3.05) is 77.7 Å². The number of nitrogens with one attached hydrogen (secondary N) is 1. The molecule has 66 heavy (non-hydrogen) atoms. The Morgan fingerprint density at radius 2 is 1.56 bits per heavy atom. The second kappa shape index (κ2) is 16.7. The van der Waals surface area contributed by atoms with Gasteiger partial charge in [-0.25, -0.2) is 18.6 Å². The SMILES string of the molecule is Cc1cn(C2CCC3(CC2)CCN(CC2(F)CCN(c4cc(N5C6CCC5CN(c5cc(-c7ccccc7O)nnc5N)C6)ccc4F)CC2)CC3)c2ncc(N3CCC(=O)NC3=O)cc12. The predicted molar refractivity (Wildman–Crippen MR) is 252 cm³/mol. The number of piperazine rings is 1. The number of phenolic OH excluding ortho intramolecular Hbond substituents is 1. The van der Waals surface area contributed by atoms with E-state index in [-0.39, 0.29) is 41.4 Å². The van der Waals surface area contributed by atoms with E-state index in [4.69, 9.17) is 10.7 Å². The second-order valence-corrected chi connectivity index (χ2v) is 20.0. The van der Waals surface area contributed by atoms with Crippen LogP contribution < -0.4 is 30.7 Å². The molecule has 2 unspecified atom stereocenters. The van der Waals surface area contributed by atoms with E-state index < -0.39 is 11.7 Å². The van der Waals surface area contributed by atoms with Gasteiger partial charge >= 0.3 is 6.03 Å². The molecule has 16 heteroatoms. The second-order valence-electron chi connectivity index (χ2n) is 20.0. The van der Waals surface area contributed by atoms with Crippen LogP contribution in [0.4, 0.5) is 42.1 Å². The number of alkyl halides is 1. The first-order chi connectivity index (χ1) is 31.9. The van der Waals surface area contributed by atoms with Gasteiger partial charge < -0.3 is 35.0 Å². The van der Waals surface area contributed by atoms with Crippen molar-refractivity contribution >= 4 is 51.5 Å². The molecule has 5 aliphatic heterocycles. The molecule has 4 N–H and O–H groups in total. The number of anilines is 5. The largest absolute Gasteiger partial charge is 0.507 e. The molecule has 3 aromatic heterocycles. The minimum Gasteiger partial charge on any atom is -0.507 e. The number of hydrogen-bond acceptors (Lipinski definition) is 11. The maximum Gasteiger partial charge on any atom is 0.328 e. The molecule has 2 atom stereocenters. The number of piperidine rings is 2. The summed E-state index contributed by atoms with van der Waals surface area (Å²) in [5.41, 5.74) is 11.6. The van der Waals surface area contributed by atoms with E-state index in [1.807, 2.05) is 41.3 Å².